The molecule has 0 spiro atoms. The largest absolute Gasteiger partial charge is 0.459 e. The van der Waals surface area contributed by atoms with Crippen LogP contribution in [0.4, 0.5) is 17.1 Å². The van der Waals surface area contributed by atoms with Crippen molar-refractivity contribution >= 4 is 23.0 Å². The number of carbonyl (C=O) groups excluding carboxylic acids is 1. The molecule has 0 saturated carbocycles. The third-order valence-electron chi connectivity index (χ3n) is 2.42. The van der Waals surface area contributed by atoms with Crippen LogP contribution >= 0.6 is 0 Å². The highest BCUT2D eigenvalue weighted by Crippen LogP contribution is 2.35. The van der Waals surface area contributed by atoms with Gasteiger partial charge in [-0.3, -0.25) is 20.2 Å². The second kappa shape index (κ2) is 6.64. The maximum absolute atomic E-state index is 11.8. The van der Waals surface area contributed by atoms with Gasteiger partial charge in [-0.25, -0.2) is 4.79 Å². The fourth-order valence-electron chi connectivity index (χ4n) is 1.66. The lowest BCUT2D eigenvalue weighted by Gasteiger charge is -2.10. The number of nitrogens with one attached hydrogen (secondary N) is 1. The van der Waals surface area contributed by atoms with E-state index in [-0.39, 0.29) is 17.8 Å². The lowest BCUT2D eigenvalue weighted by molar-refractivity contribution is -0.392. The van der Waals surface area contributed by atoms with Crippen molar-refractivity contribution in [3.05, 3.63) is 37.9 Å². The third kappa shape index (κ3) is 3.88. The monoisotopic (exact) mass is 297 g/mol. The summed E-state index contributed by atoms with van der Waals surface area (Å²) in [6.45, 7) is 5.12. The molecule has 0 radical (unpaired) electrons. The number of esters is 1. The summed E-state index contributed by atoms with van der Waals surface area (Å²) >= 11 is 0. The number of anilines is 1. The minimum atomic E-state index is -0.848. The molecule has 0 aliphatic heterocycles. The van der Waals surface area contributed by atoms with E-state index < -0.39 is 33.3 Å². The fraction of sp³-hybridized carbons (Fsp3) is 0.417. The molecule has 1 aromatic rings. The van der Waals surface area contributed by atoms with Crippen molar-refractivity contribution in [3.8, 4) is 0 Å². The van der Waals surface area contributed by atoms with Crippen LogP contribution in [-0.4, -0.2) is 28.5 Å². The highest BCUT2D eigenvalue weighted by molar-refractivity contribution is 5.93. The van der Waals surface area contributed by atoms with E-state index in [1.165, 1.54) is 0 Å². The Balaban J connectivity index is 3.46. The van der Waals surface area contributed by atoms with Crippen LogP contribution in [0.25, 0.3) is 0 Å². The van der Waals surface area contributed by atoms with Crippen LogP contribution in [0.1, 0.15) is 31.1 Å². The number of nitro groups is 2. The van der Waals surface area contributed by atoms with E-state index in [9.17, 15) is 25.0 Å². The first kappa shape index (κ1) is 16.3. The summed E-state index contributed by atoms with van der Waals surface area (Å²) in [5.41, 5.74) is -1.54. The zero-order valence-electron chi connectivity index (χ0n) is 11.8. The average molecular weight is 297 g/mol. The Morgan fingerprint density at radius 1 is 1.24 bits per heavy atom. The lowest BCUT2D eigenvalue weighted by Crippen LogP contribution is -2.13. The van der Waals surface area contributed by atoms with Gasteiger partial charge in [0.15, 0.2) is 5.69 Å². The van der Waals surface area contributed by atoms with Crippen LogP contribution in [0.15, 0.2) is 12.1 Å². The highest BCUT2D eigenvalue weighted by atomic mass is 16.6. The summed E-state index contributed by atoms with van der Waals surface area (Å²) in [5.74, 6) is -0.848. The number of ether oxygens (including phenoxy) is 1. The number of hydrogen-bond donors (Lipinski definition) is 1. The number of carbonyl (C=O) groups is 1. The second-order valence-corrected chi connectivity index (χ2v) is 4.39. The van der Waals surface area contributed by atoms with Gasteiger partial charge in [0.05, 0.1) is 21.5 Å². The number of hydrogen-bond acceptors (Lipinski definition) is 7. The lowest BCUT2D eigenvalue weighted by atomic mass is 10.1. The molecule has 0 bridgehead atoms. The first-order valence-electron chi connectivity index (χ1n) is 6.19. The first-order chi connectivity index (χ1) is 9.77. The predicted octanol–water partition coefficient (Wildman–Crippen LogP) is 2.50. The van der Waals surface area contributed by atoms with Gasteiger partial charge < -0.3 is 10.1 Å². The summed E-state index contributed by atoms with van der Waals surface area (Å²) in [6.07, 6.45) is -0.441. The molecule has 0 amide bonds. The molecule has 0 heterocycles. The molecular weight excluding hydrogens is 282 g/mol. The van der Waals surface area contributed by atoms with Gasteiger partial charge in [0.1, 0.15) is 0 Å². The van der Waals surface area contributed by atoms with Gasteiger partial charge in [-0.05, 0) is 20.8 Å². The Bertz CT molecular complexity index is 549. The van der Waals surface area contributed by atoms with E-state index in [0.29, 0.717) is 0 Å². The van der Waals surface area contributed by atoms with Crippen LogP contribution in [0.3, 0.4) is 0 Å². The van der Waals surface area contributed by atoms with Gasteiger partial charge in [0, 0.05) is 18.7 Å². The quantitative estimate of drug-likeness (QED) is 0.485. The molecule has 0 aliphatic rings. The van der Waals surface area contributed by atoms with Gasteiger partial charge in [-0.2, -0.15) is 0 Å². The maximum atomic E-state index is 11.8. The molecule has 9 heteroatoms. The normalized spacial score (nSPS) is 10.3. The molecular formula is C12H15N3O6. The van der Waals surface area contributed by atoms with E-state index in [1.807, 2.05) is 0 Å². The highest BCUT2D eigenvalue weighted by Gasteiger charge is 2.28. The first-order valence-corrected chi connectivity index (χ1v) is 6.19. The molecule has 0 aromatic heterocycles. The SMILES string of the molecule is CCNc1c([N+](=O)[O-])cc(C(=O)OC(C)C)cc1[N+](=O)[O-]. The van der Waals surface area contributed by atoms with Gasteiger partial charge >= 0.3 is 5.97 Å². The van der Waals surface area contributed by atoms with Crippen molar-refractivity contribution in [2.24, 2.45) is 0 Å². The summed E-state index contributed by atoms with van der Waals surface area (Å²) in [7, 11) is 0. The number of nitro benzene ring substituents is 2. The second-order valence-electron chi connectivity index (χ2n) is 4.39. The predicted molar refractivity (Wildman–Crippen MR) is 74.5 cm³/mol. The standard InChI is InChI=1S/C12H15N3O6/c1-4-13-11-9(14(17)18)5-8(6-10(11)15(19)20)12(16)21-7(2)3/h5-7,13H,4H2,1-3H3. The molecule has 1 aromatic carbocycles. The van der Waals surface area contributed by atoms with Gasteiger partial charge in [0.25, 0.3) is 11.4 Å². The summed E-state index contributed by atoms with van der Waals surface area (Å²) < 4.78 is 4.90. The molecule has 1 rings (SSSR count). The molecule has 0 fully saturated rings. The van der Waals surface area contributed by atoms with Crippen molar-refractivity contribution < 1.29 is 19.4 Å². The van der Waals surface area contributed by atoms with Crippen molar-refractivity contribution in [2.45, 2.75) is 26.9 Å². The minimum absolute atomic E-state index is 0.228. The van der Waals surface area contributed by atoms with Crippen LogP contribution in [0.5, 0.6) is 0 Å². The number of nitrogens with zero attached hydrogens (tertiary/aromatic N) is 2. The van der Waals surface area contributed by atoms with Crippen LogP contribution < -0.4 is 5.32 Å². The average Bonchev–Trinajstić information content (AvgIpc) is 2.37. The minimum Gasteiger partial charge on any atom is -0.459 e. The van der Waals surface area contributed by atoms with Crippen LogP contribution in [0, 0.1) is 20.2 Å². The Hall–Kier alpha value is -2.71. The Morgan fingerprint density at radius 2 is 1.71 bits per heavy atom. The zero-order chi connectivity index (χ0) is 16.2. The van der Waals surface area contributed by atoms with E-state index in [4.69, 9.17) is 4.74 Å². The summed E-state index contributed by atoms with van der Waals surface area (Å²) in [6, 6.07) is 1.94. The Morgan fingerprint density at radius 3 is 2.05 bits per heavy atom. The summed E-state index contributed by atoms with van der Waals surface area (Å²) in [4.78, 5) is 32.3. The van der Waals surface area contributed by atoms with Crippen molar-refractivity contribution in [2.75, 3.05) is 11.9 Å². The molecule has 21 heavy (non-hydrogen) atoms. The topological polar surface area (TPSA) is 125 Å². The molecule has 0 aliphatic carbocycles. The molecule has 114 valence electrons. The smallest absolute Gasteiger partial charge is 0.338 e. The van der Waals surface area contributed by atoms with Crippen molar-refractivity contribution in [1.29, 1.82) is 0 Å². The van der Waals surface area contributed by atoms with Gasteiger partial charge in [-0.1, -0.05) is 0 Å². The van der Waals surface area contributed by atoms with Crippen molar-refractivity contribution in [1.82, 2.24) is 0 Å². The molecule has 0 saturated heterocycles. The van der Waals surface area contributed by atoms with Crippen LogP contribution in [-0.2, 0) is 4.74 Å². The van der Waals surface area contributed by atoms with Crippen LogP contribution in [0.2, 0.25) is 0 Å². The van der Waals surface area contributed by atoms with E-state index in [0.717, 1.165) is 12.1 Å². The zero-order valence-corrected chi connectivity index (χ0v) is 11.8. The maximum Gasteiger partial charge on any atom is 0.338 e. The van der Waals surface area contributed by atoms with E-state index in [2.05, 4.69) is 5.32 Å². The van der Waals surface area contributed by atoms with Gasteiger partial charge in [0.2, 0.25) is 0 Å². The summed E-state index contributed by atoms with van der Waals surface area (Å²) in [5, 5.41) is 24.7. The molecule has 0 unspecified atom stereocenters. The molecule has 1 N–H and O–H groups in total. The Kier molecular flexibility index (Phi) is 5.17. The fourth-order valence-corrected chi connectivity index (χ4v) is 1.66. The third-order valence-corrected chi connectivity index (χ3v) is 2.42. The molecule has 0 atom stereocenters. The van der Waals surface area contributed by atoms with Crippen molar-refractivity contribution in [3.63, 3.8) is 0 Å². The van der Waals surface area contributed by atoms with E-state index >= 15 is 0 Å². The van der Waals surface area contributed by atoms with Gasteiger partial charge in [-0.15, -0.1) is 0 Å². The Labute approximate surface area is 120 Å². The van der Waals surface area contributed by atoms with E-state index in [1.54, 1.807) is 20.8 Å². The number of rotatable bonds is 6. The number of benzene rings is 1. The molecule has 9 nitrogen and oxygen atoms in total.